The summed E-state index contributed by atoms with van der Waals surface area (Å²) in [5.41, 5.74) is 1.31. The number of nitro benzene ring substituents is 1. The zero-order valence-corrected chi connectivity index (χ0v) is 24.4. The molecule has 1 atom stereocenters. The molecule has 0 aliphatic carbocycles. The van der Waals surface area contributed by atoms with Crippen LogP contribution < -0.4 is 19.6 Å². The number of amides is 1. The van der Waals surface area contributed by atoms with Crippen LogP contribution in [0.3, 0.4) is 0 Å². The van der Waals surface area contributed by atoms with Crippen molar-refractivity contribution in [1.29, 1.82) is 0 Å². The molecule has 210 valence electrons. The van der Waals surface area contributed by atoms with E-state index in [1.807, 2.05) is 18.2 Å². The number of benzene rings is 3. The normalized spacial score (nSPS) is 19.1. The second-order valence-corrected chi connectivity index (χ2v) is 12.7. The molecule has 40 heavy (non-hydrogen) atoms. The van der Waals surface area contributed by atoms with Crippen molar-refractivity contribution in [2.24, 2.45) is 4.74 Å². The maximum atomic E-state index is 14.0. The maximum absolute atomic E-state index is 14.0. The standard InChI is InChI=1S/C27H28Cl2N5O5P/c1-3-31(4-2)19-10-12-26-25(18-19)39-27(35)33(20-9-11-21(28)22(29)17-20)40(26,32-13-15-38-16-14-32)30-23-7-5-6-8-24(23)34(36)37/h5-12,17-18H,3-4,13-16H2,1-2H3/t40-/m1/s1. The first kappa shape index (κ1) is 28.4. The van der Waals surface area contributed by atoms with Crippen molar-refractivity contribution < 1.29 is 19.2 Å². The molecule has 0 radical (unpaired) electrons. The van der Waals surface area contributed by atoms with Gasteiger partial charge in [-0.1, -0.05) is 35.3 Å². The largest absolute Gasteiger partial charge is 0.425 e. The number of morpholine rings is 1. The molecule has 13 heteroatoms. The molecule has 10 nitrogen and oxygen atoms in total. The number of hydrogen-bond donors (Lipinski definition) is 0. The Kier molecular flexibility index (Phi) is 8.35. The van der Waals surface area contributed by atoms with Gasteiger partial charge in [0.2, 0.25) is 0 Å². The molecule has 0 bridgehead atoms. The number of rotatable bonds is 7. The molecule has 1 amide bonds. The van der Waals surface area contributed by atoms with Gasteiger partial charge in [0.05, 0.1) is 39.2 Å². The quantitative estimate of drug-likeness (QED) is 0.161. The van der Waals surface area contributed by atoms with Gasteiger partial charge in [0.15, 0.2) is 7.36 Å². The van der Waals surface area contributed by atoms with Gasteiger partial charge in [-0.3, -0.25) is 10.1 Å². The van der Waals surface area contributed by atoms with Crippen LogP contribution in [0.4, 0.5) is 27.5 Å². The number of ether oxygens (including phenoxy) is 2. The number of carbonyl (C=O) groups excluding carboxylic acids is 1. The SMILES string of the molecule is CCN(CC)c1ccc2c(c1)OC(=O)N(c1ccc(Cl)c(Cl)c1)[P@]2(=Nc1ccccc1[N+](=O)[O-])N1CCOCC1. The van der Waals surface area contributed by atoms with E-state index >= 15 is 0 Å². The van der Waals surface area contributed by atoms with Crippen molar-refractivity contribution in [2.45, 2.75) is 13.8 Å². The Morgan fingerprint density at radius 3 is 2.42 bits per heavy atom. The topological polar surface area (TPSA) is 101 Å². The highest BCUT2D eigenvalue weighted by atomic mass is 35.5. The molecular formula is C27H28Cl2N5O5P. The lowest BCUT2D eigenvalue weighted by atomic mass is 10.2. The van der Waals surface area contributed by atoms with Gasteiger partial charge in [-0.2, -0.15) is 0 Å². The summed E-state index contributed by atoms with van der Waals surface area (Å²) in [4.78, 5) is 27.8. The van der Waals surface area contributed by atoms with Crippen LogP contribution in [-0.4, -0.2) is 55.1 Å². The fourth-order valence-corrected chi connectivity index (χ4v) is 8.96. The zero-order valence-electron chi connectivity index (χ0n) is 22.0. The number of carbonyl (C=O) groups is 1. The number of nitrogens with zero attached hydrogens (tertiary/aromatic N) is 5. The Morgan fingerprint density at radius 1 is 1.02 bits per heavy atom. The van der Waals surface area contributed by atoms with E-state index in [4.69, 9.17) is 37.4 Å². The van der Waals surface area contributed by atoms with Crippen LogP contribution in [0.2, 0.25) is 10.0 Å². The lowest BCUT2D eigenvalue weighted by molar-refractivity contribution is -0.384. The van der Waals surface area contributed by atoms with Gasteiger partial charge >= 0.3 is 6.09 Å². The summed E-state index contributed by atoms with van der Waals surface area (Å²) in [5, 5.41) is 13.3. The van der Waals surface area contributed by atoms with Crippen molar-refractivity contribution in [3.05, 3.63) is 80.8 Å². The molecule has 2 heterocycles. The van der Waals surface area contributed by atoms with Gasteiger partial charge in [-0.15, -0.1) is 0 Å². The molecule has 3 aromatic carbocycles. The first-order chi connectivity index (χ1) is 19.3. The summed E-state index contributed by atoms with van der Waals surface area (Å²) >= 11 is 12.6. The minimum atomic E-state index is -3.32. The predicted molar refractivity (Wildman–Crippen MR) is 159 cm³/mol. The minimum absolute atomic E-state index is 0.158. The highest BCUT2D eigenvalue weighted by Gasteiger charge is 2.48. The number of halogens is 2. The van der Waals surface area contributed by atoms with Crippen molar-refractivity contribution in [3.8, 4) is 5.75 Å². The van der Waals surface area contributed by atoms with Gasteiger partial charge in [0.25, 0.3) is 5.69 Å². The van der Waals surface area contributed by atoms with Gasteiger partial charge in [0, 0.05) is 44.0 Å². The van der Waals surface area contributed by atoms with Crippen LogP contribution in [0.5, 0.6) is 5.75 Å². The van der Waals surface area contributed by atoms with Crippen molar-refractivity contribution in [3.63, 3.8) is 0 Å². The Bertz CT molecular complexity index is 1510. The summed E-state index contributed by atoms with van der Waals surface area (Å²) in [6.07, 6.45) is -0.662. The van der Waals surface area contributed by atoms with Crippen LogP contribution in [0.25, 0.3) is 0 Å². The van der Waals surface area contributed by atoms with E-state index < -0.39 is 18.4 Å². The van der Waals surface area contributed by atoms with E-state index in [1.165, 1.54) is 10.7 Å². The van der Waals surface area contributed by atoms with Crippen LogP contribution in [0.15, 0.2) is 65.4 Å². The third-order valence-electron chi connectivity index (χ3n) is 6.90. The lowest BCUT2D eigenvalue weighted by Crippen LogP contribution is -2.49. The van der Waals surface area contributed by atoms with E-state index in [-0.39, 0.29) is 16.4 Å². The second-order valence-electron chi connectivity index (χ2n) is 9.08. The summed E-state index contributed by atoms with van der Waals surface area (Å²) in [6, 6.07) is 16.9. The average molecular weight is 604 g/mol. The molecule has 0 N–H and O–H groups in total. The van der Waals surface area contributed by atoms with Gasteiger partial charge in [-0.05, 0) is 50.2 Å². The summed E-state index contributed by atoms with van der Waals surface area (Å²) in [5.74, 6) is 0.368. The maximum Gasteiger partial charge on any atom is 0.425 e. The van der Waals surface area contributed by atoms with Crippen LogP contribution in [0.1, 0.15) is 13.8 Å². The predicted octanol–water partition coefficient (Wildman–Crippen LogP) is 7.09. The summed E-state index contributed by atoms with van der Waals surface area (Å²) in [7, 11) is -3.32. The Morgan fingerprint density at radius 2 is 1.75 bits per heavy atom. The molecule has 0 unspecified atom stereocenters. The Hall–Kier alpha value is -3.14. The smallest absolute Gasteiger partial charge is 0.409 e. The van der Waals surface area contributed by atoms with Crippen molar-refractivity contribution in [2.75, 3.05) is 49.0 Å². The third kappa shape index (κ3) is 5.06. The highest BCUT2D eigenvalue weighted by molar-refractivity contribution is 7.74. The molecule has 2 aliphatic rings. The minimum Gasteiger partial charge on any atom is -0.409 e. The van der Waals surface area contributed by atoms with Crippen LogP contribution in [0, 0.1) is 10.1 Å². The first-order valence-electron chi connectivity index (χ1n) is 12.9. The molecule has 5 rings (SSSR count). The van der Waals surface area contributed by atoms with Gasteiger partial charge in [-0.25, -0.2) is 18.9 Å². The third-order valence-corrected chi connectivity index (χ3v) is 11.3. The molecule has 3 aromatic rings. The lowest BCUT2D eigenvalue weighted by Gasteiger charge is -2.47. The average Bonchev–Trinajstić information content (AvgIpc) is 2.96. The number of hydrogen-bond acceptors (Lipinski definition) is 7. The molecule has 0 aromatic heterocycles. The molecule has 0 saturated carbocycles. The van der Waals surface area contributed by atoms with E-state index in [0.717, 1.165) is 18.8 Å². The van der Waals surface area contributed by atoms with E-state index in [0.29, 0.717) is 48.1 Å². The number of nitro groups is 1. The van der Waals surface area contributed by atoms with Crippen molar-refractivity contribution >= 4 is 64.7 Å². The van der Waals surface area contributed by atoms with E-state index in [9.17, 15) is 14.9 Å². The van der Waals surface area contributed by atoms with Gasteiger partial charge < -0.3 is 14.4 Å². The van der Waals surface area contributed by atoms with E-state index in [2.05, 4.69) is 23.4 Å². The number of anilines is 2. The first-order valence-corrected chi connectivity index (χ1v) is 15.3. The highest BCUT2D eigenvalue weighted by Crippen LogP contribution is 2.63. The summed E-state index contributed by atoms with van der Waals surface area (Å²) in [6.45, 7) is 7.34. The van der Waals surface area contributed by atoms with E-state index in [1.54, 1.807) is 36.4 Å². The van der Waals surface area contributed by atoms with Crippen molar-refractivity contribution in [1.82, 2.24) is 4.67 Å². The molecule has 1 saturated heterocycles. The number of para-hydroxylation sites is 1. The van der Waals surface area contributed by atoms with Crippen LogP contribution >= 0.6 is 30.6 Å². The summed E-state index contributed by atoms with van der Waals surface area (Å²) < 4.78 is 20.4. The molecule has 0 spiro atoms. The fourth-order valence-electron chi connectivity index (χ4n) is 4.99. The monoisotopic (exact) mass is 603 g/mol. The molecule has 1 fully saturated rings. The zero-order chi connectivity index (χ0) is 28.4. The Labute approximate surface area is 242 Å². The Balaban J connectivity index is 1.88. The fraction of sp³-hybridized carbons (Fsp3) is 0.296. The number of fused-ring (bicyclic) bond motifs is 1. The second kappa shape index (κ2) is 11.8. The van der Waals surface area contributed by atoms with Gasteiger partial charge in [0.1, 0.15) is 11.4 Å². The molecular weight excluding hydrogens is 576 g/mol. The molecule has 2 aliphatic heterocycles. The van der Waals surface area contributed by atoms with Crippen LogP contribution in [-0.2, 0) is 4.74 Å².